The summed E-state index contributed by atoms with van der Waals surface area (Å²) in [6.45, 7) is -0.0813. The van der Waals surface area contributed by atoms with Crippen LogP contribution in [0, 0.1) is 0 Å². The van der Waals surface area contributed by atoms with E-state index in [1.807, 2.05) is 0 Å². The van der Waals surface area contributed by atoms with E-state index in [2.05, 4.69) is 4.84 Å². The average Bonchev–Trinajstić information content (AvgIpc) is 2.16. The van der Waals surface area contributed by atoms with E-state index < -0.39 is 6.67 Å². The van der Waals surface area contributed by atoms with Gasteiger partial charge in [0.15, 0.2) is 0 Å². The summed E-state index contributed by atoms with van der Waals surface area (Å²) in [5, 5.41) is 0.562. The number of halogens is 2. The molecular formula is C9H11ClFNO. The van der Waals surface area contributed by atoms with E-state index in [4.69, 9.17) is 17.5 Å². The molecule has 0 aromatic heterocycles. The van der Waals surface area contributed by atoms with Crippen LogP contribution in [0.4, 0.5) is 4.39 Å². The van der Waals surface area contributed by atoms with E-state index in [1.54, 1.807) is 18.2 Å². The fourth-order valence-electron chi connectivity index (χ4n) is 1.05. The fraction of sp³-hybridized carbons (Fsp3) is 0.333. The van der Waals surface area contributed by atoms with Gasteiger partial charge in [-0.1, -0.05) is 23.7 Å². The molecular weight excluding hydrogens is 193 g/mol. The lowest BCUT2D eigenvalue weighted by atomic mass is 10.1. The van der Waals surface area contributed by atoms with Crippen LogP contribution in [0.3, 0.4) is 0 Å². The monoisotopic (exact) mass is 203 g/mol. The predicted octanol–water partition coefficient (Wildman–Crippen LogP) is 2.24. The lowest BCUT2D eigenvalue weighted by Gasteiger charge is -2.04. The van der Waals surface area contributed by atoms with E-state index in [9.17, 15) is 4.39 Å². The van der Waals surface area contributed by atoms with Crippen LogP contribution in [-0.4, -0.2) is 6.61 Å². The normalized spacial score (nSPS) is 10.4. The Morgan fingerprint density at radius 1 is 1.46 bits per heavy atom. The number of alkyl halides is 1. The molecule has 0 bridgehead atoms. The highest BCUT2D eigenvalue weighted by Crippen LogP contribution is 2.18. The van der Waals surface area contributed by atoms with Gasteiger partial charge in [-0.15, -0.1) is 0 Å². The van der Waals surface area contributed by atoms with Crippen LogP contribution < -0.4 is 5.90 Å². The summed E-state index contributed by atoms with van der Waals surface area (Å²) in [4.78, 5) is 4.42. The molecule has 0 amide bonds. The minimum absolute atomic E-state index is 0.411. The van der Waals surface area contributed by atoms with Crippen LogP contribution in [0.2, 0.25) is 5.02 Å². The van der Waals surface area contributed by atoms with Crippen molar-refractivity contribution in [1.82, 2.24) is 0 Å². The number of hydrogen-bond acceptors (Lipinski definition) is 2. The van der Waals surface area contributed by atoms with E-state index in [0.29, 0.717) is 23.6 Å². The minimum atomic E-state index is -0.493. The molecule has 0 aliphatic heterocycles. The summed E-state index contributed by atoms with van der Waals surface area (Å²) >= 11 is 5.88. The molecule has 0 spiro atoms. The number of rotatable bonds is 4. The molecule has 0 unspecified atom stereocenters. The zero-order chi connectivity index (χ0) is 9.68. The minimum Gasteiger partial charge on any atom is -0.304 e. The van der Waals surface area contributed by atoms with Crippen molar-refractivity contribution in [3.63, 3.8) is 0 Å². The molecule has 1 rings (SSSR count). The molecule has 1 aromatic carbocycles. The molecule has 0 radical (unpaired) electrons. The molecule has 0 heterocycles. The lowest BCUT2D eigenvalue weighted by molar-refractivity contribution is 0.141. The van der Waals surface area contributed by atoms with Gasteiger partial charge >= 0.3 is 0 Å². The Morgan fingerprint density at radius 3 is 2.77 bits per heavy atom. The molecule has 13 heavy (non-hydrogen) atoms. The van der Waals surface area contributed by atoms with E-state index in [-0.39, 0.29) is 0 Å². The van der Waals surface area contributed by atoms with Crippen molar-refractivity contribution in [2.24, 2.45) is 5.90 Å². The van der Waals surface area contributed by atoms with Crippen LogP contribution in [-0.2, 0) is 17.9 Å². The Labute approximate surface area is 81.4 Å². The van der Waals surface area contributed by atoms with Crippen LogP contribution >= 0.6 is 11.6 Å². The third-order valence-electron chi connectivity index (χ3n) is 1.76. The second-order valence-corrected chi connectivity index (χ2v) is 3.09. The van der Waals surface area contributed by atoms with Crippen LogP contribution in [0.5, 0.6) is 0 Å². The maximum absolute atomic E-state index is 12.2. The van der Waals surface area contributed by atoms with Crippen molar-refractivity contribution >= 4 is 11.6 Å². The van der Waals surface area contributed by atoms with Crippen molar-refractivity contribution < 1.29 is 9.23 Å². The predicted molar refractivity (Wildman–Crippen MR) is 50.1 cm³/mol. The Kier molecular flexibility index (Phi) is 4.15. The van der Waals surface area contributed by atoms with Gasteiger partial charge < -0.3 is 4.84 Å². The molecule has 1 aromatic rings. The zero-order valence-electron chi connectivity index (χ0n) is 7.09. The van der Waals surface area contributed by atoms with Crippen LogP contribution in [0.15, 0.2) is 18.2 Å². The van der Waals surface area contributed by atoms with Crippen molar-refractivity contribution in [3.05, 3.63) is 34.3 Å². The van der Waals surface area contributed by atoms with Crippen LogP contribution in [0.1, 0.15) is 11.1 Å². The summed E-state index contributed by atoms with van der Waals surface area (Å²) in [5.74, 6) is 4.88. The number of nitrogens with two attached hydrogens (primary N) is 1. The second-order valence-electron chi connectivity index (χ2n) is 2.68. The van der Waals surface area contributed by atoms with Gasteiger partial charge in [0, 0.05) is 5.02 Å². The maximum atomic E-state index is 12.2. The summed E-state index contributed by atoms with van der Waals surface area (Å²) < 4.78 is 12.2. The Hall–Kier alpha value is -0.640. The first-order chi connectivity index (χ1) is 6.27. The Bertz CT molecular complexity index is 280. The highest BCUT2D eigenvalue weighted by Gasteiger charge is 2.01. The third-order valence-corrected chi connectivity index (χ3v) is 2.11. The molecule has 2 N–H and O–H groups in total. The van der Waals surface area contributed by atoms with Gasteiger partial charge in [0.25, 0.3) is 0 Å². The zero-order valence-corrected chi connectivity index (χ0v) is 7.85. The first-order valence-electron chi connectivity index (χ1n) is 3.93. The largest absolute Gasteiger partial charge is 0.304 e. The van der Waals surface area contributed by atoms with Crippen molar-refractivity contribution in [3.8, 4) is 0 Å². The average molecular weight is 204 g/mol. The van der Waals surface area contributed by atoms with Gasteiger partial charge in [-0.05, 0) is 23.6 Å². The summed E-state index contributed by atoms with van der Waals surface area (Å²) in [6.07, 6.45) is 0.641. The molecule has 0 saturated heterocycles. The summed E-state index contributed by atoms with van der Waals surface area (Å²) in [7, 11) is 0. The summed E-state index contributed by atoms with van der Waals surface area (Å²) in [5.41, 5.74) is 1.51. The standard InChI is InChI=1S/C9H11ClFNO/c10-9-5-7(6-11)1-2-8(9)3-4-13-12/h1-2,5H,3-4,6,12H2. The SMILES string of the molecule is NOCCc1ccc(CF)cc1Cl. The quantitative estimate of drug-likeness (QED) is 0.762. The Morgan fingerprint density at radius 2 is 2.23 bits per heavy atom. The summed E-state index contributed by atoms with van der Waals surface area (Å²) in [6, 6.07) is 5.11. The second kappa shape index (κ2) is 5.17. The highest BCUT2D eigenvalue weighted by molar-refractivity contribution is 6.31. The first-order valence-corrected chi connectivity index (χ1v) is 4.30. The van der Waals surface area contributed by atoms with Gasteiger partial charge in [-0.25, -0.2) is 10.3 Å². The molecule has 72 valence electrons. The lowest BCUT2D eigenvalue weighted by Crippen LogP contribution is -2.04. The molecule has 0 saturated carbocycles. The smallest absolute Gasteiger partial charge is 0.115 e. The number of benzene rings is 1. The molecule has 0 aliphatic carbocycles. The van der Waals surface area contributed by atoms with Crippen molar-refractivity contribution in [1.29, 1.82) is 0 Å². The van der Waals surface area contributed by atoms with E-state index in [1.165, 1.54) is 0 Å². The van der Waals surface area contributed by atoms with E-state index in [0.717, 1.165) is 5.56 Å². The third kappa shape index (κ3) is 2.95. The maximum Gasteiger partial charge on any atom is 0.115 e. The number of hydrogen-bond donors (Lipinski definition) is 1. The fourth-order valence-corrected chi connectivity index (χ4v) is 1.34. The van der Waals surface area contributed by atoms with E-state index >= 15 is 0 Å². The first kappa shape index (κ1) is 10.4. The van der Waals surface area contributed by atoms with Crippen LogP contribution in [0.25, 0.3) is 0 Å². The van der Waals surface area contributed by atoms with Crippen molar-refractivity contribution in [2.75, 3.05) is 6.61 Å². The van der Waals surface area contributed by atoms with Gasteiger partial charge in [-0.2, -0.15) is 0 Å². The van der Waals surface area contributed by atoms with Gasteiger partial charge in [0.2, 0.25) is 0 Å². The molecule has 2 nitrogen and oxygen atoms in total. The molecule has 0 atom stereocenters. The van der Waals surface area contributed by atoms with Gasteiger partial charge in [0.05, 0.1) is 6.61 Å². The molecule has 4 heteroatoms. The van der Waals surface area contributed by atoms with Gasteiger partial charge in [-0.3, -0.25) is 0 Å². The topological polar surface area (TPSA) is 35.2 Å². The molecule has 0 aliphatic rings. The molecule has 0 fully saturated rings. The highest BCUT2D eigenvalue weighted by atomic mass is 35.5. The Balaban J connectivity index is 2.73. The van der Waals surface area contributed by atoms with Gasteiger partial charge in [0.1, 0.15) is 6.67 Å². The van der Waals surface area contributed by atoms with Crippen molar-refractivity contribution in [2.45, 2.75) is 13.1 Å².